The second-order valence-electron chi connectivity index (χ2n) is 4.71. The molecule has 0 spiro atoms. The number of rotatable bonds is 6. The molecule has 0 aliphatic carbocycles. The van der Waals surface area contributed by atoms with E-state index in [1.807, 2.05) is 13.0 Å². The minimum atomic E-state index is -3.60. The molecule has 112 valence electrons. The van der Waals surface area contributed by atoms with E-state index in [1.54, 1.807) is 18.2 Å². The molecule has 0 aromatic heterocycles. The van der Waals surface area contributed by atoms with Gasteiger partial charge in [-0.3, -0.25) is 9.74 Å². The fourth-order valence-electron chi connectivity index (χ4n) is 1.95. The minimum Gasteiger partial charge on any atom is -0.379 e. The number of hydrogen-bond donors (Lipinski definition) is 1. The summed E-state index contributed by atoms with van der Waals surface area (Å²) in [7, 11) is -3.60. The van der Waals surface area contributed by atoms with E-state index in [9.17, 15) is 8.42 Å². The highest BCUT2D eigenvalue weighted by molar-refractivity contribution is 7.89. The van der Waals surface area contributed by atoms with Crippen molar-refractivity contribution in [2.24, 2.45) is 0 Å². The molecule has 0 amide bonds. The first-order valence-corrected chi connectivity index (χ1v) is 8.06. The first-order valence-electron chi connectivity index (χ1n) is 6.58. The van der Waals surface area contributed by atoms with Crippen LogP contribution in [0.25, 0.3) is 0 Å². The maximum Gasteiger partial charge on any atom is 0.262 e. The highest BCUT2D eigenvalue weighted by Crippen LogP contribution is 2.10. The molecule has 0 bridgehead atoms. The van der Waals surface area contributed by atoms with E-state index in [-0.39, 0.29) is 4.90 Å². The van der Waals surface area contributed by atoms with Crippen molar-refractivity contribution in [2.45, 2.75) is 11.8 Å². The van der Waals surface area contributed by atoms with Gasteiger partial charge in [0, 0.05) is 19.6 Å². The lowest BCUT2D eigenvalue weighted by Gasteiger charge is -2.26. The Morgan fingerprint density at radius 1 is 1.35 bits per heavy atom. The maximum absolute atomic E-state index is 12.0. The molecule has 7 heteroatoms. The van der Waals surface area contributed by atoms with Crippen LogP contribution in [0.5, 0.6) is 0 Å². The summed E-state index contributed by atoms with van der Waals surface area (Å²) in [5, 5.41) is 0. The van der Waals surface area contributed by atoms with Crippen molar-refractivity contribution in [1.29, 1.82) is 0 Å². The molecule has 6 nitrogen and oxygen atoms in total. The SMILES string of the molecule is Cc1cccc(S(=O)(=O)NOCCN2CCOCC2)c1. The molecular formula is C13H20N2O4S. The first-order chi connectivity index (χ1) is 9.58. The average Bonchev–Trinajstić information content (AvgIpc) is 2.45. The lowest BCUT2D eigenvalue weighted by Crippen LogP contribution is -2.39. The smallest absolute Gasteiger partial charge is 0.262 e. The van der Waals surface area contributed by atoms with Crippen LogP contribution in [0.3, 0.4) is 0 Å². The van der Waals surface area contributed by atoms with Crippen LogP contribution in [-0.2, 0) is 19.6 Å². The number of sulfonamides is 1. The summed E-state index contributed by atoms with van der Waals surface area (Å²) in [5.41, 5.74) is 0.890. The van der Waals surface area contributed by atoms with Gasteiger partial charge >= 0.3 is 0 Å². The molecule has 2 rings (SSSR count). The number of ether oxygens (including phenoxy) is 1. The molecule has 1 aliphatic rings. The van der Waals surface area contributed by atoms with Crippen LogP contribution >= 0.6 is 0 Å². The first kappa shape index (κ1) is 15.4. The molecule has 20 heavy (non-hydrogen) atoms. The Labute approximate surface area is 119 Å². The fourth-order valence-corrected chi connectivity index (χ4v) is 2.88. The van der Waals surface area contributed by atoms with Crippen molar-refractivity contribution in [2.75, 3.05) is 39.5 Å². The molecule has 1 aromatic rings. The van der Waals surface area contributed by atoms with Crippen LogP contribution < -0.4 is 4.89 Å². The summed E-state index contributed by atoms with van der Waals surface area (Å²) in [5.74, 6) is 0. The highest BCUT2D eigenvalue weighted by Gasteiger charge is 2.15. The Kier molecular flexibility index (Phi) is 5.50. The predicted octanol–water partition coefficient (Wildman–Crippen LogP) is 0.537. The predicted molar refractivity (Wildman–Crippen MR) is 74.7 cm³/mol. The third kappa shape index (κ3) is 4.53. The maximum atomic E-state index is 12.0. The van der Waals surface area contributed by atoms with Gasteiger partial charge in [0.25, 0.3) is 10.0 Å². The lowest BCUT2D eigenvalue weighted by atomic mass is 10.2. The van der Waals surface area contributed by atoms with Crippen molar-refractivity contribution in [1.82, 2.24) is 9.79 Å². The van der Waals surface area contributed by atoms with Crippen LogP contribution in [0.2, 0.25) is 0 Å². The normalized spacial score (nSPS) is 17.2. The van der Waals surface area contributed by atoms with Crippen molar-refractivity contribution >= 4 is 10.0 Å². The fraction of sp³-hybridized carbons (Fsp3) is 0.538. The Morgan fingerprint density at radius 2 is 2.10 bits per heavy atom. The molecule has 1 N–H and O–H groups in total. The number of aryl methyl sites for hydroxylation is 1. The van der Waals surface area contributed by atoms with E-state index in [4.69, 9.17) is 9.57 Å². The zero-order valence-electron chi connectivity index (χ0n) is 11.5. The zero-order chi connectivity index (χ0) is 14.4. The molecule has 0 atom stereocenters. The van der Waals surface area contributed by atoms with Gasteiger partial charge in [-0.1, -0.05) is 17.0 Å². The Balaban J connectivity index is 1.78. The molecule has 1 fully saturated rings. The third-order valence-corrected chi connectivity index (χ3v) is 4.29. The van der Waals surface area contributed by atoms with Crippen molar-refractivity contribution in [3.05, 3.63) is 29.8 Å². The second-order valence-corrected chi connectivity index (χ2v) is 6.35. The van der Waals surface area contributed by atoms with Crippen molar-refractivity contribution < 1.29 is 18.0 Å². The molecule has 1 heterocycles. The monoisotopic (exact) mass is 300 g/mol. The van der Waals surface area contributed by atoms with Gasteiger partial charge < -0.3 is 4.74 Å². The van der Waals surface area contributed by atoms with Gasteiger partial charge in [0.05, 0.1) is 24.7 Å². The number of hydrogen-bond acceptors (Lipinski definition) is 5. The highest BCUT2D eigenvalue weighted by atomic mass is 32.2. The number of nitrogens with zero attached hydrogens (tertiary/aromatic N) is 1. The van der Waals surface area contributed by atoms with Crippen LogP contribution in [0.4, 0.5) is 0 Å². The van der Waals surface area contributed by atoms with E-state index < -0.39 is 10.0 Å². The third-order valence-electron chi connectivity index (χ3n) is 3.08. The summed E-state index contributed by atoms with van der Waals surface area (Å²) in [4.78, 5) is 9.61. The van der Waals surface area contributed by atoms with Crippen molar-refractivity contribution in [3.63, 3.8) is 0 Å². The quantitative estimate of drug-likeness (QED) is 0.613. The van der Waals surface area contributed by atoms with Gasteiger partial charge in [0.2, 0.25) is 0 Å². The van der Waals surface area contributed by atoms with Gasteiger partial charge in [-0.05, 0) is 24.6 Å². The van der Waals surface area contributed by atoms with Gasteiger partial charge in [-0.15, -0.1) is 0 Å². The number of benzene rings is 1. The molecule has 1 saturated heterocycles. The topological polar surface area (TPSA) is 67.9 Å². The van der Waals surface area contributed by atoms with Crippen LogP contribution in [0.1, 0.15) is 5.56 Å². The Hall–Kier alpha value is -0.990. The van der Waals surface area contributed by atoms with Crippen LogP contribution in [-0.4, -0.2) is 52.8 Å². The molecule has 0 unspecified atom stereocenters. The lowest BCUT2D eigenvalue weighted by molar-refractivity contribution is 0.0125. The molecule has 0 radical (unpaired) electrons. The van der Waals surface area contributed by atoms with E-state index in [1.165, 1.54) is 0 Å². The Bertz CT molecular complexity index is 527. The largest absolute Gasteiger partial charge is 0.379 e. The summed E-state index contributed by atoms with van der Waals surface area (Å²) >= 11 is 0. The van der Waals surface area contributed by atoms with Gasteiger partial charge in [-0.2, -0.15) is 0 Å². The standard InChI is InChI=1S/C13H20N2O4S/c1-12-3-2-4-13(11-12)20(16,17)14-19-10-7-15-5-8-18-9-6-15/h2-4,11,14H,5-10H2,1H3. The van der Waals surface area contributed by atoms with E-state index >= 15 is 0 Å². The average molecular weight is 300 g/mol. The van der Waals surface area contributed by atoms with Gasteiger partial charge in [0.1, 0.15) is 0 Å². The molecular weight excluding hydrogens is 280 g/mol. The summed E-state index contributed by atoms with van der Waals surface area (Å²) in [6.07, 6.45) is 0. The van der Waals surface area contributed by atoms with Gasteiger partial charge in [-0.25, -0.2) is 8.42 Å². The minimum absolute atomic E-state index is 0.212. The van der Waals surface area contributed by atoms with Gasteiger partial charge in [0.15, 0.2) is 0 Å². The number of nitrogens with one attached hydrogen (secondary N) is 1. The molecule has 0 saturated carbocycles. The zero-order valence-corrected chi connectivity index (χ0v) is 12.4. The van der Waals surface area contributed by atoms with E-state index in [0.717, 1.165) is 31.9 Å². The van der Waals surface area contributed by atoms with Crippen LogP contribution in [0.15, 0.2) is 29.2 Å². The van der Waals surface area contributed by atoms with E-state index in [0.29, 0.717) is 13.2 Å². The summed E-state index contributed by atoms with van der Waals surface area (Å²) < 4.78 is 29.2. The summed E-state index contributed by atoms with van der Waals surface area (Å²) in [6, 6.07) is 6.70. The number of morpholine rings is 1. The second kappa shape index (κ2) is 7.14. The Morgan fingerprint density at radius 3 is 2.80 bits per heavy atom. The van der Waals surface area contributed by atoms with E-state index in [2.05, 4.69) is 9.79 Å². The molecule has 1 aliphatic heterocycles. The van der Waals surface area contributed by atoms with Crippen LogP contribution in [0, 0.1) is 6.92 Å². The van der Waals surface area contributed by atoms with Crippen molar-refractivity contribution in [3.8, 4) is 0 Å². The molecule has 1 aromatic carbocycles. The summed E-state index contributed by atoms with van der Waals surface area (Å²) in [6.45, 7) is 5.98.